The number of aliphatic carboxylic acids is 1. The molecule has 5 heteroatoms. The molecule has 0 aromatic heterocycles. The van der Waals surface area contributed by atoms with Gasteiger partial charge in [0.2, 0.25) is 0 Å². The number of hydrogen-bond donors (Lipinski definition) is 2. The highest BCUT2D eigenvalue weighted by Crippen LogP contribution is 2.51. The van der Waals surface area contributed by atoms with Crippen LogP contribution >= 0.6 is 0 Å². The summed E-state index contributed by atoms with van der Waals surface area (Å²) in [5.41, 5.74) is 7.50. The van der Waals surface area contributed by atoms with Gasteiger partial charge in [-0.2, -0.15) is 0 Å². The Balaban J connectivity index is 1.64. The number of Topliss-reactive ketones (excluding diaryl/α,β-unsaturated/α-hetero) is 1. The Morgan fingerprint density at radius 2 is 1.96 bits per heavy atom. The van der Waals surface area contributed by atoms with Crippen molar-refractivity contribution in [2.24, 2.45) is 0 Å². The summed E-state index contributed by atoms with van der Waals surface area (Å²) >= 11 is 0. The first kappa shape index (κ1) is 17.6. The van der Waals surface area contributed by atoms with E-state index in [-0.39, 0.29) is 12.0 Å². The molecule has 0 bridgehead atoms. The van der Waals surface area contributed by atoms with E-state index in [0.29, 0.717) is 18.0 Å². The fourth-order valence-corrected chi connectivity index (χ4v) is 4.09. The maximum Gasteiger partial charge on any atom is 0.341 e. The Morgan fingerprint density at radius 3 is 2.63 bits per heavy atom. The van der Waals surface area contributed by atoms with Crippen LogP contribution in [0.1, 0.15) is 39.8 Å². The zero-order valence-electron chi connectivity index (χ0n) is 15.8. The lowest BCUT2D eigenvalue weighted by atomic mass is 9.90. The highest BCUT2D eigenvalue weighted by Gasteiger charge is 2.58. The molecule has 4 rings (SSSR count). The highest BCUT2D eigenvalue weighted by atomic mass is 16.5. The van der Waals surface area contributed by atoms with Crippen LogP contribution in [0, 0.1) is 20.8 Å². The smallest absolute Gasteiger partial charge is 0.341 e. The first-order valence-corrected chi connectivity index (χ1v) is 9.16. The Kier molecular flexibility index (Phi) is 3.98. The monoisotopic (exact) mass is 365 g/mol. The van der Waals surface area contributed by atoms with Crippen LogP contribution in [0.5, 0.6) is 5.75 Å². The summed E-state index contributed by atoms with van der Waals surface area (Å²) in [5.74, 6) is -0.0324. The number of nitrogens with one attached hydrogen (secondary N) is 1. The van der Waals surface area contributed by atoms with Crippen LogP contribution < -0.4 is 10.1 Å². The highest BCUT2D eigenvalue weighted by molar-refractivity contribution is 6.09. The number of aryl methyl sites for hydroxylation is 1. The van der Waals surface area contributed by atoms with Gasteiger partial charge in [0.15, 0.2) is 6.61 Å². The summed E-state index contributed by atoms with van der Waals surface area (Å²) in [4.78, 5) is 22.7. The van der Waals surface area contributed by atoms with E-state index >= 15 is 0 Å². The molecule has 1 heterocycles. The normalized spacial score (nSPS) is 19.7. The molecule has 0 saturated heterocycles. The minimum Gasteiger partial charge on any atom is -0.482 e. The summed E-state index contributed by atoms with van der Waals surface area (Å²) in [5, 5.41) is 12.2. The predicted octanol–water partition coefficient (Wildman–Crippen LogP) is 3.30. The van der Waals surface area contributed by atoms with Gasteiger partial charge in [-0.25, -0.2) is 4.79 Å². The van der Waals surface area contributed by atoms with Crippen LogP contribution in [0.25, 0.3) is 0 Å². The van der Waals surface area contributed by atoms with E-state index < -0.39 is 5.97 Å². The lowest BCUT2D eigenvalue weighted by Crippen LogP contribution is -2.12. The fourth-order valence-electron chi connectivity index (χ4n) is 4.09. The van der Waals surface area contributed by atoms with Crippen molar-refractivity contribution >= 4 is 17.4 Å². The number of carboxylic acid groups (broad SMARTS) is 1. The Hall–Kier alpha value is -2.82. The Bertz CT molecular complexity index is 979. The number of hydrogen-bond acceptors (Lipinski definition) is 4. The number of ketones is 1. The van der Waals surface area contributed by atoms with E-state index in [2.05, 4.69) is 23.5 Å². The molecule has 140 valence electrons. The van der Waals surface area contributed by atoms with Crippen LogP contribution in [-0.2, 0) is 21.4 Å². The zero-order valence-corrected chi connectivity index (χ0v) is 15.8. The van der Waals surface area contributed by atoms with Gasteiger partial charge in [0, 0.05) is 18.7 Å². The molecule has 5 nitrogen and oxygen atoms in total. The summed E-state index contributed by atoms with van der Waals surface area (Å²) in [6.07, 6.45) is 1.42. The van der Waals surface area contributed by atoms with E-state index in [0.717, 1.165) is 40.9 Å². The average Bonchev–Trinajstić information content (AvgIpc) is 3.15. The van der Waals surface area contributed by atoms with Gasteiger partial charge in [-0.15, -0.1) is 0 Å². The number of carboxylic acids is 1. The molecule has 1 fully saturated rings. The topological polar surface area (TPSA) is 75.6 Å². The molecule has 2 aromatic carbocycles. The summed E-state index contributed by atoms with van der Waals surface area (Å²) in [6.45, 7) is 6.41. The fraction of sp³-hybridized carbons (Fsp3) is 0.364. The van der Waals surface area contributed by atoms with Crippen LogP contribution in [-0.4, -0.2) is 30.0 Å². The largest absolute Gasteiger partial charge is 0.482 e. The molecule has 27 heavy (non-hydrogen) atoms. The first-order chi connectivity index (χ1) is 12.8. The lowest BCUT2D eigenvalue weighted by Gasteiger charge is -2.17. The van der Waals surface area contributed by atoms with E-state index in [9.17, 15) is 9.59 Å². The zero-order chi connectivity index (χ0) is 19.3. The van der Waals surface area contributed by atoms with Crippen LogP contribution in [0.4, 0.5) is 5.69 Å². The van der Waals surface area contributed by atoms with Gasteiger partial charge in [0.1, 0.15) is 11.5 Å². The molecule has 1 unspecified atom stereocenters. The maximum atomic E-state index is 11.9. The molecule has 1 atom stereocenters. The minimum atomic E-state index is -0.982. The van der Waals surface area contributed by atoms with E-state index in [1.807, 2.05) is 26.8 Å². The van der Waals surface area contributed by atoms with Crippen LogP contribution in [0.15, 0.2) is 24.3 Å². The molecule has 0 radical (unpaired) electrons. The number of carbonyl (C=O) groups excluding carboxylic acids is 1. The van der Waals surface area contributed by atoms with E-state index in [4.69, 9.17) is 9.84 Å². The van der Waals surface area contributed by atoms with Crippen molar-refractivity contribution in [1.82, 2.24) is 0 Å². The van der Waals surface area contributed by atoms with Gasteiger partial charge in [0.05, 0.1) is 5.41 Å². The van der Waals surface area contributed by atoms with Crippen molar-refractivity contribution in [2.45, 2.75) is 39.0 Å². The predicted molar refractivity (Wildman–Crippen MR) is 103 cm³/mol. The molecular formula is C22H23NO4. The van der Waals surface area contributed by atoms with Crippen molar-refractivity contribution < 1.29 is 19.4 Å². The Morgan fingerprint density at radius 1 is 1.22 bits per heavy atom. The molecule has 2 aliphatic rings. The van der Waals surface area contributed by atoms with Crippen molar-refractivity contribution in [2.75, 3.05) is 18.5 Å². The quantitative estimate of drug-likeness (QED) is 0.850. The molecular weight excluding hydrogens is 342 g/mol. The van der Waals surface area contributed by atoms with Crippen molar-refractivity contribution in [3.8, 4) is 5.75 Å². The second-order valence-corrected chi connectivity index (χ2v) is 7.69. The molecule has 2 aromatic rings. The van der Waals surface area contributed by atoms with Gasteiger partial charge < -0.3 is 15.2 Å². The van der Waals surface area contributed by atoms with E-state index in [1.54, 1.807) is 0 Å². The average molecular weight is 365 g/mol. The minimum absolute atomic E-state index is 0.278. The molecule has 2 N–H and O–H groups in total. The molecule has 1 aliphatic carbocycles. The van der Waals surface area contributed by atoms with Gasteiger partial charge in [-0.05, 0) is 72.7 Å². The number of rotatable bonds is 5. The third kappa shape index (κ3) is 2.87. The third-order valence-corrected chi connectivity index (χ3v) is 5.99. The van der Waals surface area contributed by atoms with E-state index in [1.165, 1.54) is 11.1 Å². The molecule has 1 aliphatic heterocycles. The standard InChI is InChI=1S/C22H23NO4/c1-12-6-19(27-10-21(25)26)14(3)13(2)16(12)7-15-4-5-18-17(8-15)22(11-23-18)9-20(22)24/h4-6,8,23H,7,9-11H2,1-3H3,(H,25,26). The first-order valence-electron chi connectivity index (χ1n) is 9.16. The molecule has 1 saturated carbocycles. The summed E-state index contributed by atoms with van der Waals surface area (Å²) < 4.78 is 5.43. The number of benzene rings is 2. The van der Waals surface area contributed by atoms with Gasteiger partial charge in [-0.1, -0.05) is 12.1 Å². The molecule has 1 spiro atoms. The van der Waals surface area contributed by atoms with Crippen LogP contribution in [0.2, 0.25) is 0 Å². The number of carbonyl (C=O) groups is 2. The third-order valence-electron chi connectivity index (χ3n) is 5.99. The lowest BCUT2D eigenvalue weighted by molar-refractivity contribution is -0.139. The molecule has 0 amide bonds. The van der Waals surface area contributed by atoms with Gasteiger partial charge >= 0.3 is 5.97 Å². The number of fused-ring (bicyclic) bond motifs is 2. The van der Waals surface area contributed by atoms with Crippen LogP contribution in [0.3, 0.4) is 0 Å². The summed E-state index contributed by atoms with van der Waals surface area (Å²) in [6, 6.07) is 8.28. The summed E-state index contributed by atoms with van der Waals surface area (Å²) in [7, 11) is 0. The Labute approximate surface area is 158 Å². The maximum absolute atomic E-state index is 11.9. The second-order valence-electron chi connectivity index (χ2n) is 7.69. The second kappa shape index (κ2) is 6.12. The SMILES string of the molecule is Cc1cc(OCC(=O)O)c(C)c(C)c1Cc1ccc2c(c1)C1(CN2)CC1=O. The van der Waals surface area contributed by atoms with Gasteiger partial charge in [-0.3, -0.25) is 4.79 Å². The van der Waals surface area contributed by atoms with Gasteiger partial charge in [0.25, 0.3) is 0 Å². The van der Waals surface area contributed by atoms with Crippen molar-refractivity contribution in [3.63, 3.8) is 0 Å². The van der Waals surface area contributed by atoms with Crippen molar-refractivity contribution in [1.29, 1.82) is 0 Å². The number of ether oxygens (including phenoxy) is 1. The number of anilines is 1. The van der Waals surface area contributed by atoms with Crippen molar-refractivity contribution in [3.05, 3.63) is 57.6 Å².